The van der Waals surface area contributed by atoms with E-state index in [4.69, 9.17) is 4.74 Å². The third-order valence-corrected chi connectivity index (χ3v) is 5.96. The molecule has 0 spiro atoms. The van der Waals surface area contributed by atoms with E-state index in [0.717, 1.165) is 28.7 Å². The summed E-state index contributed by atoms with van der Waals surface area (Å²) in [6.07, 6.45) is 5.66. The number of benzene rings is 1. The Morgan fingerprint density at radius 2 is 1.96 bits per heavy atom. The summed E-state index contributed by atoms with van der Waals surface area (Å²) < 4.78 is 6.64. The molecule has 1 aromatic rings. The molecule has 0 unspecified atom stereocenters. The zero-order valence-electron chi connectivity index (χ0n) is 14.4. The van der Waals surface area contributed by atoms with Gasteiger partial charge >= 0.3 is 0 Å². The molecule has 1 saturated heterocycles. The maximum absolute atomic E-state index is 5.51. The first-order valence-corrected chi connectivity index (χ1v) is 9.74. The second-order valence-corrected chi connectivity index (χ2v) is 8.11. The number of rotatable bonds is 4. The third kappa shape index (κ3) is 4.49. The minimum Gasteiger partial charge on any atom is -0.496 e. The maximum atomic E-state index is 5.51. The molecule has 2 aliphatic rings. The second kappa shape index (κ2) is 8.00. The number of hydrogen-bond donors (Lipinski definition) is 0. The monoisotopic (exact) mass is 380 g/mol. The van der Waals surface area contributed by atoms with Gasteiger partial charge in [0.15, 0.2) is 0 Å². The van der Waals surface area contributed by atoms with Gasteiger partial charge in [-0.1, -0.05) is 35.7 Å². The molecule has 2 fully saturated rings. The molecule has 23 heavy (non-hydrogen) atoms. The first kappa shape index (κ1) is 17.2. The van der Waals surface area contributed by atoms with Gasteiger partial charge in [-0.3, -0.25) is 9.80 Å². The zero-order chi connectivity index (χ0) is 16.2. The van der Waals surface area contributed by atoms with Crippen molar-refractivity contribution >= 4 is 15.9 Å². The fraction of sp³-hybridized carbons (Fsp3) is 0.684. The van der Waals surface area contributed by atoms with Gasteiger partial charge in [0.05, 0.1) is 7.11 Å². The Kier molecular flexibility index (Phi) is 6.00. The van der Waals surface area contributed by atoms with E-state index in [0.29, 0.717) is 0 Å². The van der Waals surface area contributed by atoms with E-state index in [2.05, 4.69) is 44.8 Å². The predicted octanol–water partition coefficient (Wildman–Crippen LogP) is 4.15. The number of ether oxygens (including phenoxy) is 1. The molecule has 0 radical (unpaired) electrons. The number of methoxy groups -OCH3 is 1. The van der Waals surface area contributed by atoms with Gasteiger partial charge < -0.3 is 4.74 Å². The second-order valence-electron chi connectivity index (χ2n) is 7.19. The van der Waals surface area contributed by atoms with Crippen LogP contribution in [0.1, 0.15) is 38.2 Å². The van der Waals surface area contributed by atoms with E-state index < -0.39 is 0 Å². The van der Waals surface area contributed by atoms with Crippen LogP contribution in [-0.2, 0) is 6.54 Å². The van der Waals surface area contributed by atoms with Crippen LogP contribution in [0.4, 0.5) is 0 Å². The minimum atomic E-state index is 0.835. The van der Waals surface area contributed by atoms with Gasteiger partial charge in [0.2, 0.25) is 0 Å². The van der Waals surface area contributed by atoms with Crippen molar-refractivity contribution in [3.63, 3.8) is 0 Å². The Bertz CT molecular complexity index is 514. The molecule has 0 amide bonds. The SMILES string of the molecule is COc1ccc(Br)cc1CN1CCN([C@H]2CCC[C@H](C)C2)CC1. The van der Waals surface area contributed by atoms with Crippen LogP contribution in [0.25, 0.3) is 0 Å². The normalized spacial score (nSPS) is 27.1. The summed E-state index contributed by atoms with van der Waals surface area (Å²) >= 11 is 3.58. The van der Waals surface area contributed by atoms with Crippen molar-refractivity contribution < 1.29 is 4.74 Å². The van der Waals surface area contributed by atoms with Gasteiger partial charge in [-0.05, 0) is 37.0 Å². The van der Waals surface area contributed by atoms with Crippen LogP contribution in [0.2, 0.25) is 0 Å². The summed E-state index contributed by atoms with van der Waals surface area (Å²) in [5, 5.41) is 0. The molecular formula is C19H29BrN2O. The molecule has 0 aromatic heterocycles. The van der Waals surface area contributed by atoms with Crippen molar-refractivity contribution in [1.82, 2.24) is 9.80 Å². The molecule has 3 nitrogen and oxygen atoms in total. The van der Waals surface area contributed by atoms with Crippen LogP contribution >= 0.6 is 15.9 Å². The first-order valence-electron chi connectivity index (χ1n) is 8.94. The van der Waals surface area contributed by atoms with E-state index in [1.807, 2.05) is 6.07 Å². The average Bonchev–Trinajstić information content (AvgIpc) is 2.56. The average molecular weight is 381 g/mol. The molecule has 128 valence electrons. The van der Waals surface area contributed by atoms with E-state index in [-0.39, 0.29) is 0 Å². The molecule has 4 heteroatoms. The highest BCUT2D eigenvalue weighted by molar-refractivity contribution is 9.10. The van der Waals surface area contributed by atoms with Crippen molar-refractivity contribution in [1.29, 1.82) is 0 Å². The molecule has 1 heterocycles. The topological polar surface area (TPSA) is 15.7 Å². The predicted molar refractivity (Wildman–Crippen MR) is 99.0 cm³/mol. The minimum absolute atomic E-state index is 0.835. The summed E-state index contributed by atoms with van der Waals surface area (Å²) in [6, 6.07) is 7.12. The van der Waals surface area contributed by atoms with E-state index in [1.54, 1.807) is 7.11 Å². The van der Waals surface area contributed by atoms with Crippen molar-refractivity contribution in [3.8, 4) is 5.75 Å². The van der Waals surface area contributed by atoms with Crippen molar-refractivity contribution in [2.75, 3.05) is 33.3 Å². The van der Waals surface area contributed by atoms with E-state index in [9.17, 15) is 0 Å². The van der Waals surface area contributed by atoms with E-state index in [1.165, 1.54) is 57.4 Å². The Hall–Kier alpha value is -0.580. The Balaban J connectivity index is 1.54. The highest BCUT2D eigenvalue weighted by Crippen LogP contribution is 2.29. The van der Waals surface area contributed by atoms with Gasteiger partial charge in [0.25, 0.3) is 0 Å². The summed E-state index contributed by atoms with van der Waals surface area (Å²) in [4.78, 5) is 5.30. The highest BCUT2D eigenvalue weighted by Gasteiger charge is 2.27. The lowest BCUT2D eigenvalue weighted by atomic mass is 9.86. The molecule has 0 N–H and O–H groups in total. The smallest absolute Gasteiger partial charge is 0.123 e. The van der Waals surface area contributed by atoms with Gasteiger partial charge in [-0.2, -0.15) is 0 Å². The third-order valence-electron chi connectivity index (χ3n) is 5.47. The quantitative estimate of drug-likeness (QED) is 0.779. The van der Waals surface area contributed by atoms with Gasteiger partial charge in [0, 0.05) is 48.8 Å². The Morgan fingerprint density at radius 3 is 2.65 bits per heavy atom. The maximum Gasteiger partial charge on any atom is 0.123 e. The van der Waals surface area contributed by atoms with E-state index >= 15 is 0 Å². The molecule has 0 bridgehead atoms. The van der Waals surface area contributed by atoms with Crippen LogP contribution in [0.3, 0.4) is 0 Å². The lowest BCUT2D eigenvalue weighted by Gasteiger charge is -2.42. The largest absolute Gasteiger partial charge is 0.496 e. The molecule has 1 aromatic carbocycles. The summed E-state index contributed by atoms with van der Waals surface area (Å²) in [5.74, 6) is 1.91. The van der Waals surface area contributed by atoms with Crippen molar-refractivity contribution in [2.45, 2.75) is 45.2 Å². The zero-order valence-corrected chi connectivity index (χ0v) is 16.0. The highest BCUT2D eigenvalue weighted by atomic mass is 79.9. The van der Waals surface area contributed by atoms with Crippen LogP contribution in [0.5, 0.6) is 5.75 Å². The standard InChI is InChI=1S/C19H29BrN2O/c1-15-4-3-5-18(12-15)22-10-8-21(9-11-22)14-16-13-17(20)6-7-19(16)23-2/h6-7,13,15,18H,3-5,8-12,14H2,1-2H3/t15-,18-/m0/s1. The first-order chi connectivity index (χ1) is 11.2. The van der Waals surface area contributed by atoms with Crippen LogP contribution in [0.15, 0.2) is 22.7 Å². The Labute approximate surface area is 149 Å². The molecular weight excluding hydrogens is 352 g/mol. The van der Waals surface area contributed by atoms with Crippen LogP contribution < -0.4 is 4.74 Å². The van der Waals surface area contributed by atoms with Crippen molar-refractivity contribution in [3.05, 3.63) is 28.2 Å². The van der Waals surface area contributed by atoms with Crippen LogP contribution in [-0.4, -0.2) is 49.1 Å². The molecule has 1 aliphatic heterocycles. The van der Waals surface area contributed by atoms with Gasteiger partial charge in [-0.15, -0.1) is 0 Å². The number of hydrogen-bond acceptors (Lipinski definition) is 3. The molecule has 1 saturated carbocycles. The van der Waals surface area contributed by atoms with Gasteiger partial charge in [0.1, 0.15) is 5.75 Å². The summed E-state index contributed by atoms with van der Waals surface area (Å²) in [6.45, 7) is 8.17. The van der Waals surface area contributed by atoms with Gasteiger partial charge in [-0.25, -0.2) is 0 Å². The Morgan fingerprint density at radius 1 is 1.17 bits per heavy atom. The number of halogens is 1. The van der Waals surface area contributed by atoms with Crippen molar-refractivity contribution in [2.24, 2.45) is 5.92 Å². The molecule has 1 aliphatic carbocycles. The fourth-order valence-electron chi connectivity index (χ4n) is 4.13. The summed E-state index contributed by atoms with van der Waals surface area (Å²) in [7, 11) is 1.76. The lowest BCUT2D eigenvalue weighted by Crippen LogP contribution is -2.50. The lowest BCUT2D eigenvalue weighted by molar-refractivity contribution is 0.0656. The summed E-state index contributed by atoms with van der Waals surface area (Å²) in [5.41, 5.74) is 1.28. The fourth-order valence-corrected chi connectivity index (χ4v) is 4.54. The number of nitrogens with zero attached hydrogens (tertiary/aromatic N) is 2. The number of piperazine rings is 1. The molecule has 3 rings (SSSR count). The molecule has 2 atom stereocenters. The van der Waals surface area contributed by atoms with Crippen LogP contribution in [0, 0.1) is 5.92 Å².